The van der Waals surface area contributed by atoms with Crippen LogP contribution in [0.5, 0.6) is 0 Å². The summed E-state index contributed by atoms with van der Waals surface area (Å²) in [6.07, 6.45) is 2.33. The average Bonchev–Trinajstić information content (AvgIpc) is 3.30. The second-order valence-corrected chi connectivity index (χ2v) is 7.11. The molecule has 0 saturated carbocycles. The molecule has 0 spiro atoms. The number of para-hydroxylation sites is 1. The van der Waals surface area contributed by atoms with Crippen molar-refractivity contribution in [1.82, 2.24) is 25.4 Å². The van der Waals surface area contributed by atoms with E-state index in [-0.39, 0.29) is 17.5 Å². The summed E-state index contributed by atoms with van der Waals surface area (Å²) in [7, 11) is 0. The van der Waals surface area contributed by atoms with Gasteiger partial charge in [-0.1, -0.05) is 32.0 Å². The minimum atomic E-state index is -0.318. The first-order valence-electron chi connectivity index (χ1n) is 9.01. The van der Waals surface area contributed by atoms with E-state index in [4.69, 9.17) is 0 Å². The zero-order chi connectivity index (χ0) is 19.0. The fourth-order valence-corrected chi connectivity index (χ4v) is 3.28. The van der Waals surface area contributed by atoms with Gasteiger partial charge in [-0.05, 0) is 24.5 Å². The number of amides is 1. The molecule has 2 atom stereocenters. The zero-order valence-corrected chi connectivity index (χ0v) is 15.2. The van der Waals surface area contributed by atoms with Crippen LogP contribution < -0.4 is 21.7 Å². The second kappa shape index (κ2) is 6.98. The molecule has 1 saturated heterocycles. The Morgan fingerprint density at radius 3 is 2.74 bits per heavy atom. The van der Waals surface area contributed by atoms with Crippen molar-refractivity contribution < 1.29 is 4.79 Å². The van der Waals surface area contributed by atoms with Crippen molar-refractivity contribution in [2.45, 2.75) is 32.4 Å². The molecule has 0 bridgehead atoms. The van der Waals surface area contributed by atoms with Gasteiger partial charge in [0.15, 0.2) is 5.65 Å². The Bertz CT molecular complexity index is 1020. The first-order chi connectivity index (χ1) is 13.0. The van der Waals surface area contributed by atoms with Crippen LogP contribution in [0.15, 0.2) is 47.4 Å². The number of H-pyrrole nitrogens is 1. The van der Waals surface area contributed by atoms with E-state index in [1.807, 2.05) is 18.2 Å². The van der Waals surface area contributed by atoms with Crippen LogP contribution in [0.25, 0.3) is 5.65 Å². The molecule has 4 rings (SSSR count). The maximum atomic E-state index is 12.7. The molecule has 8 nitrogen and oxygen atoms in total. The van der Waals surface area contributed by atoms with Crippen LogP contribution in [0.4, 0.5) is 5.69 Å². The SMILES string of the molecule is CC(C)C1CC(c2cc(=O)n3[nH]cc(C(=O)Nc4ccccc4)c3n2)NN1. The lowest BCUT2D eigenvalue weighted by Gasteiger charge is -2.12. The first-order valence-corrected chi connectivity index (χ1v) is 9.01. The molecule has 1 aromatic carbocycles. The predicted octanol–water partition coefficient (Wildman–Crippen LogP) is 1.84. The van der Waals surface area contributed by atoms with Crippen LogP contribution in [0.3, 0.4) is 0 Å². The van der Waals surface area contributed by atoms with E-state index in [0.717, 1.165) is 6.42 Å². The second-order valence-electron chi connectivity index (χ2n) is 7.11. The molecule has 3 heterocycles. The van der Waals surface area contributed by atoms with Gasteiger partial charge < -0.3 is 5.32 Å². The number of benzene rings is 1. The molecule has 140 valence electrons. The Balaban J connectivity index is 1.66. The van der Waals surface area contributed by atoms with E-state index < -0.39 is 0 Å². The van der Waals surface area contributed by atoms with Crippen LogP contribution >= 0.6 is 0 Å². The van der Waals surface area contributed by atoms with Crippen molar-refractivity contribution in [2.75, 3.05) is 5.32 Å². The molecule has 8 heteroatoms. The third-order valence-corrected chi connectivity index (χ3v) is 4.89. The summed E-state index contributed by atoms with van der Waals surface area (Å²) in [6, 6.07) is 10.9. The van der Waals surface area contributed by atoms with Gasteiger partial charge in [-0.3, -0.25) is 20.1 Å². The molecule has 3 aromatic rings. The largest absolute Gasteiger partial charge is 0.322 e. The Kier molecular flexibility index (Phi) is 4.51. The van der Waals surface area contributed by atoms with E-state index >= 15 is 0 Å². The number of hydrogen-bond acceptors (Lipinski definition) is 5. The van der Waals surface area contributed by atoms with Gasteiger partial charge in [0.2, 0.25) is 0 Å². The number of nitrogens with one attached hydrogen (secondary N) is 4. The van der Waals surface area contributed by atoms with Crippen molar-refractivity contribution in [3.8, 4) is 0 Å². The van der Waals surface area contributed by atoms with E-state index in [9.17, 15) is 9.59 Å². The molecule has 2 unspecified atom stereocenters. The summed E-state index contributed by atoms with van der Waals surface area (Å²) in [5.41, 5.74) is 8.16. The van der Waals surface area contributed by atoms with Crippen molar-refractivity contribution in [2.24, 2.45) is 5.92 Å². The maximum Gasteiger partial charge on any atom is 0.272 e. The van der Waals surface area contributed by atoms with Gasteiger partial charge in [-0.15, -0.1) is 0 Å². The fraction of sp³-hybridized carbons (Fsp3) is 0.316. The van der Waals surface area contributed by atoms with E-state index in [1.54, 1.807) is 12.1 Å². The number of carbonyl (C=O) groups is 1. The van der Waals surface area contributed by atoms with Gasteiger partial charge in [0, 0.05) is 24.0 Å². The third-order valence-electron chi connectivity index (χ3n) is 4.89. The number of rotatable bonds is 4. The van der Waals surface area contributed by atoms with Crippen LogP contribution in [0.1, 0.15) is 42.4 Å². The van der Waals surface area contributed by atoms with Gasteiger partial charge in [-0.25, -0.2) is 14.9 Å². The fourth-order valence-electron chi connectivity index (χ4n) is 3.28. The summed E-state index contributed by atoms with van der Waals surface area (Å²) in [5.74, 6) is 0.147. The molecule has 1 fully saturated rings. The van der Waals surface area contributed by atoms with Gasteiger partial charge in [0.05, 0.1) is 11.7 Å². The summed E-state index contributed by atoms with van der Waals surface area (Å²) in [6.45, 7) is 4.29. The molecule has 0 radical (unpaired) electrons. The summed E-state index contributed by atoms with van der Waals surface area (Å²) in [5, 5.41) is 5.64. The van der Waals surface area contributed by atoms with Crippen molar-refractivity contribution >= 4 is 17.2 Å². The number of aromatic nitrogens is 3. The monoisotopic (exact) mass is 366 g/mol. The Labute approximate surface area is 156 Å². The van der Waals surface area contributed by atoms with E-state index in [1.165, 1.54) is 16.8 Å². The smallest absolute Gasteiger partial charge is 0.272 e. The topological polar surface area (TPSA) is 103 Å². The summed E-state index contributed by atoms with van der Waals surface area (Å²) >= 11 is 0. The highest BCUT2D eigenvalue weighted by atomic mass is 16.2. The lowest BCUT2D eigenvalue weighted by Crippen LogP contribution is -2.34. The minimum Gasteiger partial charge on any atom is -0.322 e. The number of carbonyl (C=O) groups excluding carboxylic acids is 1. The van der Waals surface area contributed by atoms with E-state index in [2.05, 4.69) is 40.1 Å². The molecule has 27 heavy (non-hydrogen) atoms. The highest BCUT2D eigenvalue weighted by Gasteiger charge is 2.29. The van der Waals surface area contributed by atoms with Gasteiger partial charge >= 0.3 is 0 Å². The van der Waals surface area contributed by atoms with E-state index in [0.29, 0.717) is 34.6 Å². The molecule has 0 aliphatic carbocycles. The minimum absolute atomic E-state index is 0.0740. The van der Waals surface area contributed by atoms with Crippen molar-refractivity contribution in [3.63, 3.8) is 0 Å². The third kappa shape index (κ3) is 3.36. The highest BCUT2D eigenvalue weighted by Crippen LogP contribution is 2.24. The number of anilines is 1. The Morgan fingerprint density at radius 1 is 1.26 bits per heavy atom. The lowest BCUT2D eigenvalue weighted by molar-refractivity contribution is 0.102. The number of aromatic amines is 1. The molecular formula is C19H22N6O2. The molecular weight excluding hydrogens is 344 g/mol. The van der Waals surface area contributed by atoms with Crippen LogP contribution in [0, 0.1) is 5.92 Å². The molecule has 2 aromatic heterocycles. The molecule has 1 amide bonds. The Morgan fingerprint density at radius 2 is 2.04 bits per heavy atom. The van der Waals surface area contributed by atoms with Gasteiger partial charge in [0.25, 0.3) is 11.5 Å². The zero-order valence-electron chi connectivity index (χ0n) is 15.2. The number of hydrazine groups is 1. The van der Waals surface area contributed by atoms with Crippen LogP contribution in [-0.2, 0) is 0 Å². The van der Waals surface area contributed by atoms with Crippen LogP contribution in [-0.4, -0.2) is 26.5 Å². The first kappa shape index (κ1) is 17.4. The maximum absolute atomic E-state index is 12.7. The van der Waals surface area contributed by atoms with Crippen LogP contribution in [0.2, 0.25) is 0 Å². The Hall–Kier alpha value is -2.97. The standard InChI is InChI=1S/C19H22N6O2/c1-11(2)14-8-16(24-23-14)15-9-17(26)25-18(22-15)13(10-20-25)19(27)21-12-6-4-3-5-7-12/h3-7,9-11,14,16,20,23-24H,8H2,1-2H3,(H,21,27). The molecule has 1 aliphatic heterocycles. The lowest BCUT2D eigenvalue weighted by atomic mass is 9.98. The van der Waals surface area contributed by atoms with Crippen molar-refractivity contribution in [3.05, 3.63) is 64.2 Å². The quantitative estimate of drug-likeness (QED) is 0.564. The average molecular weight is 366 g/mol. The summed E-state index contributed by atoms with van der Waals surface area (Å²) < 4.78 is 1.28. The van der Waals surface area contributed by atoms with Gasteiger partial charge in [0.1, 0.15) is 5.56 Å². The predicted molar refractivity (Wildman–Crippen MR) is 102 cm³/mol. The van der Waals surface area contributed by atoms with Crippen molar-refractivity contribution in [1.29, 1.82) is 0 Å². The van der Waals surface area contributed by atoms with Gasteiger partial charge in [-0.2, -0.15) is 0 Å². The number of fused-ring (bicyclic) bond motifs is 1. The summed E-state index contributed by atoms with van der Waals surface area (Å²) in [4.78, 5) is 29.7. The highest BCUT2D eigenvalue weighted by molar-refractivity contribution is 6.08. The number of hydrogen-bond donors (Lipinski definition) is 4. The molecule has 4 N–H and O–H groups in total. The normalized spacial score (nSPS) is 19.7. The number of nitrogens with zero attached hydrogens (tertiary/aromatic N) is 2. The molecule has 1 aliphatic rings.